The van der Waals surface area contributed by atoms with Crippen LogP contribution in [0.5, 0.6) is 5.75 Å². The van der Waals surface area contributed by atoms with Crippen molar-refractivity contribution in [1.29, 1.82) is 0 Å². The van der Waals surface area contributed by atoms with Gasteiger partial charge in [0.2, 0.25) is 0 Å². The van der Waals surface area contributed by atoms with Gasteiger partial charge in [-0.2, -0.15) is 4.39 Å². The number of benzene rings is 2. The van der Waals surface area contributed by atoms with Gasteiger partial charge in [-0.3, -0.25) is 0 Å². The van der Waals surface area contributed by atoms with Gasteiger partial charge in [-0.25, -0.2) is 9.78 Å². The highest BCUT2D eigenvalue weighted by Crippen LogP contribution is 2.50. The van der Waals surface area contributed by atoms with Gasteiger partial charge in [-0.1, -0.05) is 18.6 Å². The Morgan fingerprint density at radius 3 is 2.93 bits per heavy atom. The van der Waals surface area contributed by atoms with Gasteiger partial charge >= 0.3 is 5.97 Å². The summed E-state index contributed by atoms with van der Waals surface area (Å²) in [6.45, 7) is 1.93. The minimum atomic E-state index is -1.76. The molecule has 1 aromatic heterocycles. The summed E-state index contributed by atoms with van der Waals surface area (Å²) in [5.41, 5.74) is 2.69. The van der Waals surface area contributed by atoms with Crippen molar-refractivity contribution in [1.82, 2.24) is 9.55 Å². The molecule has 5 nitrogen and oxygen atoms in total. The van der Waals surface area contributed by atoms with Crippen LogP contribution in [-0.2, 0) is 6.54 Å². The van der Waals surface area contributed by atoms with Crippen molar-refractivity contribution in [2.45, 2.75) is 48.7 Å². The lowest BCUT2D eigenvalue weighted by atomic mass is 9.85. The van der Waals surface area contributed by atoms with Gasteiger partial charge in [-0.05, 0) is 48.9 Å². The molecule has 1 aliphatic carbocycles. The van der Waals surface area contributed by atoms with Crippen molar-refractivity contribution < 1.29 is 19.0 Å². The van der Waals surface area contributed by atoms with Crippen LogP contribution in [0, 0.1) is 0 Å². The number of rotatable bonds is 4. The molecule has 0 amide bonds. The number of fused-ring (bicyclic) bond motifs is 2. The summed E-state index contributed by atoms with van der Waals surface area (Å²) >= 11 is 1.08. The van der Waals surface area contributed by atoms with Gasteiger partial charge in [0.05, 0.1) is 28.0 Å². The monoisotopic (exact) mass is 398 g/mol. The standard InChI is InChI=1S/C21H19FN2O3S/c1-21(22)27-18-14(6-3-7-17(18)28-21)11-24-16-9-8-13(20(25)26)10-15(16)23-19(24)12-4-2-5-12/h3,6-10,12H,2,4-5,11H2,1H3,(H,25,26). The van der Waals surface area contributed by atoms with Crippen molar-refractivity contribution in [3.63, 3.8) is 0 Å². The Hall–Kier alpha value is -2.54. The number of carboxylic acid groups (broad SMARTS) is 1. The first-order valence-corrected chi connectivity index (χ1v) is 10.2. The molecular formula is C21H19FN2O3S. The van der Waals surface area contributed by atoms with Gasteiger partial charge in [0, 0.05) is 18.4 Å². The third-order valence-corrected chi connectivity index (χ3v) is 6.45. The molecule has 1 saturated carbocycles. The number of carbonyl (C=O) groups is 1. The van der Waals surface area contributed by atoms with Gasteiger partial charge < -0.3 is 14.4 Å². The average Bonchev–Trinajstić information content (AvgIpc) is 3.09. The van der Waals surface area contributed by atoms with Crippen LogP contribution >= 0.6 is 11.8 Å². The molecule has 28 heavy (non-hydrogen) atoms. The number of para-hydroxylation sites is 1. The van der Waals surface area contributed by atoms with E-state index < -0.39 is 11.2 Å². The zero-order chi connectivity index (χ0) is 19.5. The summed E-state index contributed by atoms with van der Waals surface area (Å²) in [7, 11) is 0. The molecule has 3 aromatic rings. The molecule has 0 spiro atoms. The number of alkyl halides is 1. The minimum Gasteiger partial charge on any atom is -0.478 e. The second-order valence-corrected chi connectivity index (χ2v) is 8.85. The Bertz CT molecular complexity index is 1100. The van der Waals surface area contributed by atoms with E-state index in [0.29, 0.717) is 23.7 Å². The number of hydrogen-bond donors (Lipinski definition) is 1. The third kappa shape index (κ3) is 2.85. The maximum Gasteiger partial charge on any atom is 0.335 e. The average molecular weight is 398 g/mol. The second-order valence-electron chi connectivity index (χ2n) is 7.48. The lowest BCUT2D eigenvalue weighted by Gasteiger charge is -2.26. The summed E-state index contributed by atoms with van der Waals surface area (Å²) in [6, 6.07) is 10.8. The minimum absolute atomic E-state index is 0.228. The number of hydrogen-bond acceptors (Lipinski definition) is 4. The maximum atomic E-state index is 14.4. The van der Waals surface area contributed by atoms with Crippen LogP contribution in [0.2, 0.25) is 0 Å². The Morgan fingerprint density at radius 1 is 1.39 bits per heavy atom. The van der Waals surface area contributed by atoms with Gasteiger partial charge in [-0.15, -0.1) is 0 Å². The van der Waals surface area contributed by atoms with E-state index in [4.69, 9.17) is 9.72 Å². The maximum absolute atomic E-state index is 14.4. The van der Waals surface area contributed by atoms with Gasteiger partial charge in [0.15, 0.2) is 0 Å². The van der Waals surface area contributed by atoms with E-state index in [2.05, 4.69) is 4.57 Å². The van der Waals surface area contributed by atoms with Gasteiger partial charge in [0.1, 0.15) is 11.6 Å². The first-order chi connectivity index (χ1) is 13.4. The van der Waals surface area contributed by atoms with Crippen LogP contribution in [0.1, 0.15) is 53.8 Å². The Labute approximate surface area is 165 Å². The molecule has 0 saturated heterocycles. The van der Waals surface area contributed by atoms with E-state index >= 15 is 0 Å². The molecule has 1 N–H and O–H groups in total. The predicted octanol–water partition coefficient (Wildman–Crippen LogP) is 5.18. The summed E-state index contributed by atoms with van der Waals surface area (Å²) < 4.78 is 22.1. The van der Waals surface area contributed by atoms with Crippen molar-refractivity contribution in [3.05, 3.63) is 53.3 Å². The van der Waals surface area contributed by atoms with Crippen LogP contribution in [0.25, 0.3) is 11.0 Å². The lowest BCUT2D eigenvalue weighted by Crippen LogP contribution is -2.18. The van der Waals surface area contributed by atoms with E-state index in [9.17, 15) is 14.3 Å². The SMILES string of the molecule is CC1(F)Oc2c(Cn3c(C4CCC4)nc4cc(C(=O)O)ccc43)cccc2S1. The van der Waals surface area contributed by atoms with Crippen LogP contribution in [-0.4, -0.2) is 25.8 Å². The quantitative estimate of drug-likeness (QED) is 0.656. The molecule has 1 aliphatic heterocycles. The van der Waals surface area contributed by atoms with Crippen molar-refractivity contribution in [2.75, 3.05) is 0 Å². The zero-order valence-corrected chi connectivity index (χ0v) is 16.1. The highest BCUT2D eigenvalue weighted by Gasteiger charge is 2.37. The smallest absolute Gasteiger partial charge is 0.335 e. The number of aromatic carboxylic acids is 1. The van der Waals surface area contributed by atoms with Crippen LogP contribution < -0.4 is 4.74 Å². The number of halogens is 1. The fourth-order valence-electron chi connectivity index (χ4n) is 3.88. The predicted molar refractivity (Wildman–Crippen MR) is 105 cm³/mol. The third-order valence-electron chi connectivity index (χ3n) is 5.46. The molecule has 5 rings (SSSR count). The Morgan fingerprint density at radius 2 is 2.21 bits per heavy atom. The summed E-state index contributed by atoms with van der Waals surface area (Å²) in [4.78, 5) is 16.9. The molecule has 0 bridgehead atoms. The van der Waals surface area contributed by atoms with E-state index in [1.165, 1.54) is 13.3 Å². The van der Waals surface area contributed by atoms with Crippen molar-refractivity contribution in [2.24, 2.45) is 0 Å². The molecular weight excluding hydrogens is 379 g/mol. The van der Waals surface area contributed by atoms with Crippen molar-refractivity contribution >= 4 is 28.8 Å². The molecule has 2 aromatic carbocycles. The molecule has 1 atom stereocenters. The van der Waals surface area contributed by atoms with Crippen LogP contribution in [0.15, 0.2) is 41.3 Å². The Kier molecular flexibility index (Phi) is 3.91. The zero-order valence-electron chi connectivity index (χ0n) is 15.3. The van der Waals surface area contributed by atoms with Crippen LogP contribution in [0.3, 0.4) is 0 Å². The molecule has 7 heteroatoms. The molecule has 1 fully saturated rings. The summed E-state index contributed by atoms with van der Waals surface area (Å²) in [5, 5.41) is 7.53. The van der Waals surface area contributed by atoms with E-state index in [1.807, 2.05) is 24.3 Å². The van der Waals surface area contributed by atoms with Crippen molar-refractivity contribution in [3.8, 4) is 5.75 Å². The summed E-state index contributed by atoms with van der Waals surface area (Å²) in [6.07, 6.45) is 3.34. The van der Waals surface area contributed by atoms with E-state index in [0.717, 1.165) is 46.4 Å². The van der Waals surface area contributed by atoms with E-state index in [1.54, 1.807) is 12.1 Å². The van der Waals surface area contributed by atoms with E-state index in [-0.39, 0.29) is 5.56 Å². The number of ether oxygens (including phenoxy) is 1. The number of nitrogens with zero attached hydrogens (tertiary/aromatic N) is 2. The highest BCUT2D eigenvalue weighted by atomic mass is 32.2. The number of thioether (sulfide) groups is 1. The highest BCUT2D eigenvalue weighted by molar-refractivity contribution is 8.00. The number of imidazole rings is 1. The fraction of sp³-hybridized carbons (Fsp3) is 0.333. The van der Waals surface area contributed by atoms with Gasteiger partial charge in [0.25, 0.3) is 5.19 Å². The molecule has 0 radical (unpaired) electrons. The second kappa shape index (κ2) is 6.24. The molecule has 1 unspecified atom stereocenters. The molecule has 2 aliphatic rings. The molecule has 2 heterocycles. The topological polar surface area (TPSA) is 64.4 Å². The normalized spacial score (nSPS) is 21.4. The largest absolute Gasteiger partial charge is 0.478 e. The number of carboxylic acids is 1. The Balaban J connectivity index is 1.61. The lowest BCUT2D eigenvalue weighted by molar-refractivity contribution is 0.0542. The number of aromatic nitrogens is 2. The first-order valence-electron chi connectivity index (χ1n) is 9.33. The first kappa shape index (κ1) is 17.6. The van der Waals surface area contributed by atoms with Crippen LogP contribution in [0.4, 0.5) is 4.39 Å². The fourth-order valence-corrected chi connectivity index (χ4v) is 4.81. The molecule has 144 valence electrons. The summed E-state index contributed by atoms with van der Waals surface area (Å²) in [5.74, 6) is 0.963.